The fourth-order valence-electron chi connectivity index (χ4n) is 2.92. The Morgan fingerprint density at radius 3 is 2.46 bits per heavy atom. The van der Waals surface area contributed by atoms with Crippen molar-refractivity contribution in [2.24, 2.45) is 0 Å². The van der Waals surface area contributed by atoms with E-state index < -0.39 is 6.10 Å². The highest BCUT2D eigenvalue weighted by atomic mass is 35.5. The summed E-state index contributed by atoms with van der Waals surface area (Å²) < 4.78 is 5.73. The van der Waals surface area contributed by atoms with Crippen molar-refractivity contribution in [3.8, 4) is 5.75 Å². The quantitative estimate of drug-likeness (QED) is 0.496. The lowest BCUT2D eigenvalue weighted by molar-refractivity contribution is 0.0680. The molecule has 6 heteroatoms. The SMILES string of the molecule is CCCCN(CCc1ccc(Cl)c(Cl)c1)C[C@H](O)COc1ccc(NC)cc1. The maximum Gasteiger partial charge on any atom is 0.119 e. The third-order valence-corrected chi connectivity index (χ3v) is 5.32. The first-order valence-electron chi connectivity index (χ1n) is 9.76. The summed E-state index contributed by atoms with van der Waals surface area (Å²) in [6.45, 7) is 4.83. The van der Waals surface area contributed by atoms with Crippen LogP contribution in [0.25, 0.3) is 0 Å². The second kappa shape index (κ2) is 12.2. The van der Waals surface area contributed by atoms with Gasteiger partial charge in [0.25, 0.3) is 0 Å². The van der Waals surface area contributed by atoms with Gasteiger partial charge in [-0.25, -0.2) is 0 Å². The van der Waals surface area contributed by atoms with Crippen molar-refractivity contribution in [1.29, 1.82) is 0 Å². The van der Waals surface area contributed by atoms with Crippen molar-refractivity contribution in [2.45, 2.75) is 32.3 Å². The molecule has 0 aliphatic heterocycles. The summed E-state index contributed by atoms with van der Waals surface area (Å²) in [5, 5.41) is 14.7. The molecule has 0 amide bonds. The van der Waals surface area contributed by atoms with Crippen molar-refractivity contribution in [1.82, 2.24) is 4.90 Å². The van der Waals surface area contributed by atoms with Gasteiger partial charge < -0.3 is 20.1 Å². The Labute approximate surface area is 178 Å². The fraction of sp³-hybridized carbons (Fsp3) is 0.455. The molecule has 0 aliphatic rings. The Hall–Kier alpha value is -1.46. The van der Waals surface area contributed by atoms with Gasteiger partial charge in [0.15, 0.2) is 0 Å². The topological polar surface area (TPSA) is 44.7 Å². The highest BCUT2D eigenvalue weighted by molar-refractivity contribution is 6.42. The van der Waals surface area contributed by atoms with E-state index in [0.29, 0.717) is 16.6 Å². The number of nitrogens with one attached hydrogen (secondary N) is 1. The van der Waals surface area contributed by atoms with Gasteiger partial charge in [-0.3, -0.25) is 0 Å². The van der Waals surface area contributed by atoms with E-state index in [2.05, 4.69) is 17.1 Å². The summed E-state index contributed by atoms with van der Waals surface area (Å²) in [5.41, 5.74) is 2.17. The molecule has 4 nitrogen and oxygen atoms in total. The molecule has 0 aromatic heterocycles. The highest BCUT2D eigenvalue weighted by Crippen LogP contribution is 2.23. The molecule has 2 aromatic carbocycles. The van der Waals surface area contributed by atoms with Gasteiger partial charge in [0.1, 0.15) is 18.5 Å². The molecule has 0 fully saturated rings. The van der Waals surface area contributed by atoms with Crippen LogP contribution >= 0.6 is 23.2 Å². The predicted molar refractivity (Wildman–Crippen MR) is 119 cm³/mol. The third kappa shape index (κ3) is 7.88. The van der Waals surface area contributed by atoms with Crippen molar-refractivity contribution in [3.05, 3.63) is 58.1 Å². The van der Waals surface area contributed by atoms with Crippen LogP contribution in [-0.2, 0) is 6.42 Å². The molecule has 1 atom stereocenters. The molecule has 2 aromatic rings. The van der Waals surface area contributed by atoms with E-state index in [1.54, 1.807) is 0 Å². The van der Waals surface area contributed by atoms with Gasteiger partial charge in [0.05, 0.1) is 10.0 Å². The summed E-state index contributed by atoms with van der Waals surface area (Å²) in [7, 11) is 1.88. The minimum Gasteiger partial charge on any atom is -0.491 e. The molecule has 2 N–H and O–H groups in total. The Morgan fingerprint density at radius 2 is 1.82 bits per heavy atom. The average Bonchev–Trinajstić information content (AvgIpc) is 2.71. The van der Waals surface area contributed by atoms with Crippen LogP contribution in [0.15, 0.2) is 42.5 Å². The lowest BCUT2D eigenvalue weighted by atomic mass is 10.1. The number of hydrogen-bond donors (Lipinski definition) is 2. The van der Waals surface area contributed by atoms with E-state index in [1.807, 2.05) is 49.5 Å². The number of ether oxygens (including phenoxy) is 1. The fourth-order valence-corrected chi connectivity index (χ4v) is 3.24. The van der Waals surface area contributed by atoms with Gasteiger partial charge in [-0.05, 0) is 61.3 Å². The van der Waals surface area contributed by atoms with E-state index in [1.165, 1.54) is 0 Å². The van der Waals surface area contributed by atoms with Gasteiger partial charge in [-0.2, -0.15) is 0 Å². The summed E-state index contributed by atoms with van der Waals surface area (Å²) in [4.78, 5) is 2.28. The maximum atomic E-state index is 10.4. The zero-order valence-electron chi connectivity index (χ0n) is 16.6. The third-order valence-electron chi connectivity index (χ3n) is 4.58. The number of rotatable bonds is 12. The summed E-state index contributed by atoms with van der Waals surface area (Å²) in [5.74, 6) is 0.758. The van der Waals surface area contributed by atoms with E-state index in [9.17, 15) is 5.11 Å². The smallest absolute Gasteiger partial charge is 0.119 e. The molecule has 2 rings (SSSR count). The number of nitrogens with zero attached hydrogens (tertiary/aromatic N) is 1. The molecule has 28 heavy (non-hydrogen) atoms. The maximum absolute atomic E-state index is 10.4. The first-order valence-corrected chi connectivity index (χ1v) is 10.5. The van der Waals surface area contributed by atoms with Gasteiger partial charge in [-0.1, -0.05) is 42.6 Å². The number of aliphatic hydroxyl groups is 1. The molecule has 0 bridgehead atoms. The van der Waals surface area contributed by atoms with Crippen molar-refractivity contribution in [3.63, 3.8) is 0 Å². The van der Waals surface area contributed by atoms with Crippen molar-refractivity contribution < 1.29 is 9.84 Å². The van der Waals surface area contributed by atoms with Crippen LogP contribution in [0.1, 0.15) is 25.3 Å². The molecular formula is C22H30Cl2N2O2. The second-order valence-corrected chi connectivity index (χ2v) is 7.71. The zero-order chi connectivity index (χ0) is 20.4. The first kappa shape index (κ1) is 22.8. The Kier molecular flexibility index (Phi) is 9.93. The van der Waals surface area contributed by atoms with Crippen molar-refractivity contribution in [2.75, 3.05) is 38.6 Å². The summed E-state index contributed by atoms with van der Waals surface area (Å²) in [6, 6.07) is 13.4. The van der Waals surface area contributed by atoms with Gasteiger partial charge >= 0.3 is 0 Å². The van der Waals surface area contributed by atoms with Crippen LogP contribution in [-0.4, -0.2) is 49.4 Å². The number of unbranched alkanes of at least 4 members (excludes halogenated alkanes) is 1. The minimum atomic E-state index is -0.547. The number of benzene rings is 2. The molecule has 0 heterocycles. The Balaban J connectivity index is 1.83. The standard InChI is InChI=1S/C22H30Cl2N2O2/c1-3-4-12-26(13-11-17-5-10-21(23)22(24)14-17)15-19(27)16-28-20-8-6-18(25-2)7-9-20/h5-10,14,19,25,27H,3-4,11-13,15-16H2,1-2H3/t19-/m0/s1. The molecular weight excluding hydrogens is 395 g/mol. The molecule has 0 spiro atoms. The average molecular weight is 425 g/mol. The number of anilines is 1. The van der Waals surface area contributed by atoms with Gasteiger partial charge in [0, 0.05) is 25.8 Å². The lowest BCUT2D eigenvalue weighted by Crippen LogP contribution is -2.37. The monoisotopic (exact) mass is 424 g/mol. The molecule has 0 saturated heterocycles. The minimum absolute atomic E-state index is 0.272. The molecule has 0 unspecified atom stereocenters. The molecule has 154 valence electrons. The van der Waals surface area contributed by atoms with Crippen LogP contribution in [0.4, 0.5) is 5.69 Å². The van der Waals surface area contributed by atoms with E-state index in [0.717, 1.165) is 49.4 Å². The van der Waals surface area contributed by atoms with Gasteiger partial charge in [-0.15, -0.1) is 0 Å². The van der Waals surface area contributed by atoms with Crippen LogP contribution < -0.4 is 10.1 Å². The second-order valence-electron chi connectivity index (χ2n) is 6.89. The molecule has 0 radical (unpaired) electrons. The van der Waals surface area contributed by atoms with E-state index in [4.69, 9.17) is 27.9 Å². The molecule has 0 aliphatic carbocycles. The van der Waals surface area contributed by atoms with Crippen LogP contribution in [0.2, 0.25) is 10.0 Å². The number of halogens is 2. The van der Waals surface area contributed by atoms with Crippen LogP contribution in [0.3, 0.4) is 0 Å². The summed E-state index contributed by atoms with van der Waals surface area (Å²) in [6.07, 6.45) is 2.53. The van der Waals surface area contributed by atoms with E-state index >= 15 is 0 Å². The largest absolute Gasteiger partial charge is 0.491 e. The summed E-state index contributed by atoms with van der Waals surface area (Å²) >= 11 is 12.1. The van der Waals surface area contributed by atoms with Gasteiger partial charge in [0.2, 0.25) is 0 Å². The van der Waals surface area contributed by atoms with E-state index in [-0.39, 0.29) is 6.61 Å². The normalized spacial score (nSPS) is 12.2. The number of aliphatic hydroxyl groups excluding tert-OH is 1. The van der Waals surface area contributed by atoms with Crippen molar-refractivity contribution >= 4 is 28.9 Å². The lowest BCUT2D eigenvalue weighted by Gasteiger charge is -2.25. The zero-order valence-corrected chi connectivity index (χ0v) is 18.1. The van der Waals surface area contributed by atoms with Crippen LogP contribution in [0.5, 0.6) is 5.75 Å². The highest BCUT2D eigenvalue weighted by Gasteiger charge is 2.13. The Bertz CT molecular complexity index is 710. The predicted octanol–water partition coefficient (Wildman–Crippen LogP) is 5.12. The number of hydrogen-bond acceptors (Lipinski definition) is 4. The first-order chi connectivity index (χ1) is 13.5. The molecule has 0 saturated carbocycles. The van der Waals surface area contributed by atoms with Crippen LogP contribution in [0, 0.1) is 0 Å². The Morgan fingerprint density at radius 1 is 1.07 bits per heavy atom.